The molecule has 1 saturated heterocycles. The van der Waals surface area contributed by atoms with Crippen LogP contribution in [0.1, 0.15) is 33.6 Å². The molecule has 0 N–H and O–H groups in total. The van der Waals surface area contributed by atoms with Crippen LogP contribution in [0.4, 0.5) is 8.78 Å². The number of piperidine rings is 1. The molecule has 1 aliphatic heterocycles. The van der Waals surface area contributed by atoms with E-state index >= 15 is 0 Å². The second-order valence-electron chi connectivity index (χ2n) is 4.46. The summed E-state index contributed by atoms with van der Waals surface area (Å²) in [7, 11) is 1.73. The predicted molar refractivity (Wildman–Crippen MR) is 57.2 cm³/mol. The summed E-state index contributed by atoms with van der Waals surface area (Å²) >= 11 is 0. The van der Waals surface area contributed by atoms with Gasteiger partial charge in [0.05, 0.1) is 6.54 Å². The highest BCUT2D eigenvalue weighted by Crippen LogP contribution is 2.25. The molecule has 0 aliphatic carbocycles. The first-order valence-corrected chi connectivity index (χ1v) is 5.31. The van der Waals surface area contributed by atoms with E-state index < -0.39 is 5.92 Å². The van der Waals surface area contributed by atoms with Crippen LogP contribution in [0.3, 0.4) is 0 Å². The molecule has 90 valence electrons. The highest BCUT2D eigenvalue weighted by Gasteiger charge is 2.33. The van der Waals surface area contributed by atoms with Crippen LogP contribution >= 0.6 is 0 Å². The quantitative estimate of drug-likeness (QED) is 0.678. The molecule has 4 heteroatoms. The molecular formula is C11H21F2NO. The Morgan fingerprint density at radius 3 is 2.07 bits per heavy atom. The van der Waals surface area contributed by atoms with Crippen LogP contribution in [0.2, 0.25) is 0 Å². The molecule has 0 unspecified atom stereocenters. The smallest absolute Gasteiger partial charge is 0.260 e. The summed E-state index contributed by atoms with van der Waals surface area (Å²) in [5.41, 5.74) is 0. The molecule has 0 saturated carbocycles. The lowest BCUT2D eigenvalue weighted by atomic mass is 10.1. The van der Waals surface area contributed by atoms with Crippen LogP contribution in [0, 0.1) is 5.92 Å². The molecule has 0 atom stereocenters. The first kappa shape index (κ1) is 14.5. The second-order valence-corrected chi connectivity index (χ2v) is 4.46. The molecule has 15 heavy (non-hydrogen) atoms. The highest BCUT2D eigenvalue weighted by molar-refractivity contribution is 5.77. The Kier molecular flexibility index (Phi) is 5.95. The van der Waals surface area contributed by atoms with Gasteiger partial charge >= 0.3 is 0 Å². The van der Waals surface area contributed by atoms with Crippen molar-refractivity contribution in [3.8, 4) is 0 Å². The maximum Gasteiger partial charge on any atom is 0.260 e. The van der Waals surface area contributed by atoms with E-state index in [4.69, 9.17) is 0 Å². The van der Waals surface area contributed by atoms with Gasteiger partial charge in [-0.15, -0.1) is 0 Å². The van der Waals surface area contributed by atoms with Gasteiger partial charge in [-0.2, -0.15) is 0 Å². The summed E-state index contributed by atoms with van der Waals surface area (Å²) in [6.45, 7) is 6.14. The Hall–Kier alpha value is -0.510. The summed E-state index contributed by atoms with van der Waals surface area (Å²) in [5.74, 6) is -1.95. The number of hydrogen-bond donors (Lipinski definition) is 0. The number of ketones is 1. The zero-order valence-electron chi connectivity index (χ0n) is 10.0. The van der Waals surface area contributed by atoms with Crippen molar-refractivity contribution in [2.75, 3.05) is 20.1 Å². The Morgan fingerprint density at radius 1 is 1.40 bits per heavy atom. The van der Waals surface area contributed by atoms with E-state index in [9.17, 15) is 13.6 Å². The van der Waals surface area contributed by atoms with E-state index in [1.54, 1.807) is 18.9 Å². The average molecular weight is 221 g/mol. The van der Waals surface area contributed by atoms with Gasteiger partial charge < -0.3 is 4.90 Å². The van der Waals surface area contributed by atoms with Gasteiger partial charge in [0.1, 0.15) is 5.78 Å². The minimum absolute atomic E-state index is 0.0625. The van der Waals surface area contributed by atoms with Crippen LogP contribution in [0.5, 0.6) is 0 Å². The van der Waals surface area contributed by atoms with Crippen molar-refractivity contribution < 1.29 is 13.6 Å². The number of rotatable bonds is 1. The molecule has 0 amide bonds. The molecule has 1 aliphatic rings. The van der Waals surface area contributed by atoms with Gasteiger partial charge in [0.2, 0.25) is 0 Å². The topological polar surface area (TPSA) is 20.3 Å². The lowest BCUT2D eigenvalue weighted by Gasteiger charge is -2.28. The normalized spacial score (nSPS) is 20.7. The number of Topliss-reactive ketones (excluding diaryl/α,β-unsaturated/α-hetero) is 1. The number of alkyl halides is 2. The third kappa shape index (κ3) is 7.42. The van der Waals surface area contributed by atoms with Crippen molar-refractivity contribution in [3.63, 3.8) is 0 Å². The number of hydrogen-bond acceptors (Lipinski definition) is 2. The maximum absolute atomic E-state index is 12.4. The highest BCUT2D eigenvalue weighted by atomic mass is 19.3. The minimum Gasteiger partial charge on any atom is -0.301 e. The lowest BCUT2D eigenvalue weighted by Crippen LogP contribution is -2.39. The zero-order chi connectivity index (χ0) is 12.1. The van der Waals surface area contributed by atoms with Crippen LogP contribution < -0.4 is 0 Å². The average Bonchev–Trinajstić information content (AvgIpc) is 2.02. The summed E-state index contributed by atoms with van der Waals surface area (Å²) < 4.78 is 24.8. The van der Waals surface area contributed by atoms with E-state index in [1.165, 1.54) is 0 Å². The van der Waals surface area contributed by atoms with Gasteiger partial charge in [0.15, 0.2) is 0 Å². The third-order valence-corrected chi connectivity index (χ3v) is 2.40. The van der Waals surface area contributed by atoms with Crippen molar-refractivity contribution in [1.82, 2.24) is 4.90 Å². The molecule has 0 spiro atoms. The Morgan fingerprint density at radius 2 is 1.87 bits per heavy atom. The first-order chi connectivity index (χ1) is 6.74. The van der Waals surface area contributed by atoms with Crippen molar-refractivity contribution >= 4 is 5.78 Å². The molecule has 1 rings (SSSR count). The molecular weight excluding hydrogens is 200 g/mol. The molecule has 2 nitrogen and oxygen atoms in total. The second kappa shape index (κ2) is 6.16. The number of carbonyl (C=O) groups excluding carboxylic acids is 1. The number of carbonyl (C=O) groups is 1. The molecule has 0 radical (unpaired) electrons. The molecule has 0 aromatic carbocycles. The Bertz CT molecular complexity index is 205. The summed E-state index contributed by atoms with van der Waals surface area (Å²) in [5, 5.41) is 0. The van der Waals surface area contributed by atoms with Crippen molar-refractivity contribution in [1.29, 1.82) is 0 Å². The van der Waals surface area contributed by atoms with E-state index in [-0.39, 0.29) is 24.7 Å². The van der Waals surface area contributed by atoms with Gasteiger partial charge in [-0.3, -0.25) is 4.79 Å². The SMILES string of the molecule is CC(=O)C(C)C.CN1CCCC(F)(F)C1. The van der Waals surface area contributed by atoms with Gasteiger partial charge in [-0.05, 0) is 26.9 Å². The summed E-state index contributed by atoms with van der Waals surface area (Å²) in [4.78, 5) is 11.8. The fourth-order valence-corrected chi connectivity index (χ4v) is 1.16. The zero-order valence-corrected chi connectivity index (χ0v) is 10.0. The van der Waals surface area contributed by atoms with Crippen LogP contribution in [-0.2, 0) is 4.79 Å². The van der Waals surface area contributed by atoms with Gasteiger partial charge in [0.25, 0.3) is 5.92 Å². The van der Waals surface area contributed by atoms with E-state index in [2.05, 4.69) is 0 Å². The third-order valence-electron chi connectivity index (χ3n) is 2.40. The lowest BCUT2D eigenvalue weighted by molar-refractivity contribution is -0.119. The van der Waals surface area contributed by atoms with Crippen molar-refractivity contribution in [2.45, 2.75) is 39.5 Å². The maximum atomic E-state index is 12.4. The van der Waals surface area contributed by atoms with Crippen molar-refractivity contribution in [2.24, 2.45) is 5.92 Å². The van der Waals surface area contributed by atoms with Crippen LogP contribution in [0.25, 0.3) is 0 Å². The predicted octanol–water partition coefficient (Wildman–Crippen LogP) is 2.58. The molecule has 1 heterocycles. The van der Waals surface area contributed by atoms with E-state index in [0.29, 0.717) is 6.42 Å². The molecule has 0 bridgehead atoms. The fourth-order valence-electron chi connectivity index (χ4n) is 1.16. The summed E-state index contributed by atoms with van der Waals surface area (Å²) in [6, 6.07) is 0. The van der Waals surface area contributed by atoms with Gasteiger partial charge in [-0.1, -0.05) is 13.8 Å². The summed E-state index contributed by atoms with van der Waals surface area (Å²) in [6.07, 6.45) is 0.695. The molecule has 1 fully saturated rings. The van der Waals surface area contributed by atoms with Gasteiger partial charge in [0, 0.05) is 12.3 Å². The van der Waals surface area contributed by atoms with E-state index in [1.807, 2.05) is 13.8 Å². The largest absolute Gasteiger partial charge is 0.301 e. The minimum atomic E-state index is -2.42. The monoisotopic (exact) mass is 221 g/mol. The number of likely N-dealkylation sites (tertiary alicyclic amines) is 1. The van der Waals surface area contributed by atoms with Crippen molar-refractivity contribution in [3.05, 3.63) is 0 Å². The Balaban J connectivity index is 0.000000288. The number of nitrogens with zero attached hydrogens (tertiary/aromatic N) is 1. The molecule has 0 aromatic heterocycles. The first-order valence-electron chi connectivity index (χ1n) is 5.31. The molecule has 0 aromatic rings. The van der Waals surface area contributed by atoms with Crippen LogP contribution in [-0.4, -0.2) is 36.7 Å². The van der Waals surface area contributed by atoms with Gasteiger partial charge in [-0.25, -0.2) is 8.78 Å². The van der Waals surface area contributed by atoms with E-state index in [0.717, 1.165) is 6.54 Å². The standard InChI is InChI=1S/C6H11F2N.C5H10O/c1-9-4-2-3-6(7,8)5-9;1-4(2)5(3)6/h2-5H2,1H3;4H,1-3H3. The van der Waals surface area contributed by atoms with Crippen LogP contribution in [0.15, 0.2) is 0 Å². The fraction of sp³-hybridized carbons (Fsp3) is 0.909. The Labute approximate surface area is 90.6 Å². The number of halogens is 2.